The number of aliphatic imine (C=N–C) groups is 1. The van der Waals surface area contributed by atoms with Gasteiger partial charge in [0.2, 0.25) is 5.90 Å². The molecule has 0 radical (unpaired) electrons. The summed E-state index contributed by atoms with van der Waals surface area (Å²) < 4.78 is 4.63. The van der Waals surface area contributed by atoms with Gasteiger partial charge in [0.15, 0.2) is 0 Å². The Morgan fingerprint density at radius 1 is 1.78 bits per heavy atom. The molecule has 0 aromatic carbocycles. The molecule has 0 aromatic rings. The lowest BCUT2D eigenvalue weighted by Crippen LogP contribution is -2.01. The summed E-state index contributed by atoms with van der Waals surface area (Å²) in [5.74, 6) is 0.144. The first-order valence-corrected chi connectivity index (χ1v) is 2.71. The number of nitrogens with zero attached hydrogens (tertiary/aromatic N) is 1. The third-order valence-electron chi connectivity index (χ3n) is 0.892. The molecule has 0 unspecified atom stereocenters. The van der Waals surface area contributed by atoms with Crippen molar-refractivity contribution in [3.63, 3.8) is 0 Å². The molecule has 0 spiro atoms. The molecule has 0 fully saturated rings. The Morgan fingerprint density at radius 2 is 2.56 bits per heavy atom. The minimum absolute atomic E-state index is 0.166. The van der Waals surface area contributed by atoms with Crippen LogP contribution in [-0.4, -0.2) is 18.4 Å². The summed E-state index contributed by atoms with van der Waals surface area (Å²) in [5.41, 5.74) is 0. The van der Waals surface area contributed by atoms with Gasteiger partial charge in [-0.2, -0.15) is 0 Å². The van der Waals surface area contributed by atoms with Crippen molar-refractivity contribution in [3.05, 3.63) is 12.2 Å². The highest BCUT2D eigenvalue weighted by Crippen LogP contribution is 1.96. The second-order valence-electron chi connectivity index (χ2n) is 1.63. The standard InChI is InChI=1S/C6H7NO2/c1-2-3-5-7-4-6(8)9-5/h2-3H,4H2,1H3/b3-2-. The number of carbonyl (C=O) groups is 1. The predicted octanol–water partition coefficient (Wildman–Crippen LogP) is 0.518. The summed E-state index contributed by atoms with van der Waals surface area (Å²) in [5, 5.41) is 0. The summed E-state index contributed by atoms with van der Waals surface area (Å²) >= 11 is 0. The van der Waals surface area contributed by atoms with Crippen LogP contribution >= 0.6 is 0 Å². The molecule has 0 atom stereocenters. The molecule has 0 N–H and O–H groups in total. The molecule has 1 heterocycles. The number of esters is 1. The normalized spacial score (nSPS) is 18.3. The van der Waals surface area contributed by atoms with Crippen LogP contribution < -0.4 is 0 Å². The second kappa shape index (κ2) is 2.44. The van der Waals surface area contributed by atoms with Crippen LogP contribution in [0, 0.1) is 0 Å². The molecule has 48 valence electrons. The van der Waals surface area contributed by atoms with Crippen molar-refractivity contribution in [2.24, 2.45) is 4.99 Å². The van der Waals surface area contributed by atoms with Gasteiger partial charge in [-0.25, -0.2) is 9.79 Å². The lowest BCUT2D eigenvalue weighted by molar-refractivity contribution is -0.132. The number of rotatable bonds is 1. The zero-order valence-electron chi connectivity index (χ0n) is 5.13. The van der Waals surface area contributed by atoms with Crippen LogP contribution in [0.15, 0.2) is 17.1 Å². The van der Waals surface area contributed by atoms with Crippen molar-refractivity contribution in [1.29, 1.82) is 0 Å². The first-order valence-electron chi connectivity index (χ1n) is 2.71. The molecule has 0 aliphatic carbocycles. The summed E-state index contributed by atoms with van der Waals surface area (Å²) in [4.78, 5) is 14.1. The van der Waals surface area contributed by atoms with E-state index in [0.29, 0.717) is 5.90 Å². The van der Waals surface area contributed by atoms with Gasteiger partial charge >= 0.3 is 5.97 Å². The Morgan fingerprint density at radius 3 is 3.00 bits per heavy atom. The first-order chi connectivity index (χ1) is 4.33. The van der Waals surface area contributed by atoms with Crippen LogP contribution in [0.3, 0.4) is 0 Å². The van der Waals surface area contributed by atoms with Gasteiger partial charge in [0.25, 0.3) is 0 Å². The number of hydrogen-bond donors (Lipinski definition) is 0. The minimum atomic E-state index is -0.275. The van der Waals surface area contributed by atoms with Crippen LogP contribution in [0.1, 0.15) is 6.92 Å². The third kappa shape index (κ3) is 1.38. The highest BCUT2D eigenvalue weighted by atomic mass is 16.5. The van der Waals surface area contributed by atoms with Gasteiger partial charge < -0.3 is 4.74 Å². The third-order valence-corrected chi connectivity index (χ3v) is 0.892. The van der Waals surface area contributed by atoms with Crippen molar-refractivity contribution in [2.45, 2.75) is 6.92 Å². The van der Waals surface area contributed by atoms with Gasteiger partial charge in [0.05, 0.1) is 0 Å². The summed E-state index contributed by atoms with van der Waals surface area (Å²) in [6, 6.07) is 0. The molecular weight excluding hydrogens is 118 g/mol. The van der Waals surface area contributed by atoms with Gasteiger partial charge in [-0.05, 0) is 13.0 Å². The second-order valence-corrected chi connectivity index (χ2v) is 1.63. The molecule has 1 aliphatic heterocycles. The van der Waals surface area contributed by atoms with E-state index in [0.717, 1.165) is 0 Å². The Balaban J connectivity index is 2.55. The molecule has 0 saturated carbocycles. The Labute approximate surface area is 53.0 Å². The molecular formula is C6H7NO2. The van der Waals surface area contributed by atoms with Crippen molar-refractivity contribution in [2.75, 3.05) is 6.54 Å². The van der Waals surface area contributed by atoms with E-state index in [1.54, 1.807) is 12.2 Å². The first kappa shape index (κ1) is 6.01. The smallest absolute Gasteiger partial charge is 0.334 e. The number of allylic oxidation sites excluding steroid dienone is 1. The molecule has 0 amide bonds. The molecule has 0 saturated heterocycles. The van der Waals surface area contributed by atoms with Gasteiger partial charge in [0.1, 0.15) is 6.54 Å². The van der Waals surface area contributed by atoms with Gasteiger partial charge in [-0.3, -0.25) is 0 Å². The SMILES string of the molecule is C/C=C\C1=NCC(=O)O1. The number of ether oxygens (including phenoxy) is 1. The highest BCUT2D eigenvalue weighted by Gasteiger charge is 2.11. The predicted molar refractivity (Wildman–Crippen MR) is 33.2 cm³/mol. The number of cyclic esters (lactones) is 1. The van der Waals surface area contributed by atoms with Crippen LogP contribution in [-0.2, 0) is 9.53 Å². The lowest BCUT2D eigenvalue weighted by Gasteiger charge is -1.87. The van der Waals surface area contributed by atoms with Crippen molar-refractivity contribution >= 4 is 11.9 Å². The highest BCUT2D eigenvalue weighted by molar-refractivity contribution is 6.00. The maximum Gasteiger partial charge on any atom is 0.334 e. The lowest BCUT2D eigenvalue weighted by atomic mass is 10.5. The van der Waals surface area contributed by atoms with Crippen LogP contribution in [0.25, 0.3) is 0 Å². The Hall–Kier alpha value is -1.12. The van der Waals surface area contributed by atoms with E-state index >= 15 is 0 Å². The molecule has 0 aromatic heterocycles. The molecule has 3 nitrogen and oxygen atoms in total. The van der Waals surface area contributed by atoms with E-state index in [1.807, 2.05) is 6.92 Å². The number of hydrogen-bond acceptors (Lipinski definition) is 3. The van der Waals surface area contributed by atoms with Gasteiger partial charge in [-0.15, -0.1) is 0 Å². The monoisotopic (exact) mass is 125 g/mol. The van der Waals surface area contributed by atoms with E-state index in [4.69, 9.17) is 0 Å². The van der Waals surface area contributed by atoms with Crippen molar-refractivity contribution < 1.29 is 9.53 Å². The van der Waals surface area contributed by atoms with Crippen LogP contribution in [0.4, 0.5) is 0 Å². The number of carbonyl (C=O) groups excluding carboxylic acids is 1. The molecule has 0 bridgehead atoms. The van der Waals surface area contributed by atoms with E-state index in [-0.39, 0.29) is 12.5 Å². The summed E-state index contributed by atoms with van der Waals surface area (Å²) in [6.07, 6.45) is 3.43. The fourth-order valence-corrected chi connectivity index (χ4v) is 0.553. The van der Waals surface area contributed by atoms with Crippen LogP contribution in [0.5, 0.6) is 0 Å². The van der Waals surface area contributed by atoms with Crippen molar-refractivity contribution in [1.82, 2.24) is 0 Å². The molecule has 9 heavy (non-hydrogen) atoms. The zero-order valence-corrected chi connectivity index (χ0v) is 5.13. The summed E-state index contributed by atoms with van der Waals surface area (Å²) in [7, 11) is 0. The zero-order chi connectivity index (χ0) is 6.69. The summed E-state index contributed by atoms with van der Waals surface area (Å²) in [6.45, 7) is 2.01. The van der Waals surface area contributed by atoms with E-state index in [2.05, 4.69) is 9.73 Å². The maximum absolute atomic E-state index is 10.4. The minimum Gasteiger partial charge on any atom is -0.406 e. The molecule has 1 rings (SSSR count). The van der Waals surface area contributed by atoms with Gasteiger partial charge in [0, 0.05) is 0 Å². The molecule has 1 aliphatic rings. The Bertz CT molecular complexity index is 181. The fourth-order valence-electron chi connectivity index (χ4n) is 0.553. The van der Waals surface area contributed by atoms with Crippen LogP contribution in [0.2, 0.25) is 0 Å². The topological polar surface area (TPSA) is 38.7 Å². The van der Waals surface area contributed by atoms with Crippen molar-refractivity contribution in [3.8, 4) is 0 Å². The Kier molecular flexibility index (Phi) is 1.63. The average molecular weight is 125 g/mol. The van der Waals surface area contributed by atoms with E-state index < -0.39 is 0 Å². The molecule has 3 heteroatoms. The maximum atomic E-state index is 10.4. The van der Waals surface area contributed by atoms with Gasteiger partial charge in [-0.1, -0.05) is 6.08 Å². The largest absolute Gasteiger partial charge is 0.406 e. The fraction of sp³-hybridized carbons (Fsp3) is 0.333. The quantitative estimate of drug-likeness (QED) is 0.479. The van der Waals surface area contributed by atoms with E-state index in [1.165, 1.54) is 0 Å². The van der Waals surface area contributed by atoms with E-state index in [9.17, 15) is 4.79 Å². The average Bonchev–Trinajstić information content (AvgIpc) is 2.17.